The molecular weight excluding hydrogens is 276 g/mol. The molecule has 1 saturated heterocycles. The fourth-order valence-electron chi connectivity index (χ4n) is 1.95. The quantitative estimate of drug-likeness (QED) is 0.786. The lowest BCUT2D eigenvalue weighted by Crippen LogP contribution is -2.48. The molecule has 1 aliphatic rings. The lowest BCUT2D eigenvalue weighted by Gasteiger charge is -2.27. The molecule has 0 aliphatic carbocycles. The van der Waals surface area contributed by atoms with Crippen LogP contribution in [0.4, 0.5) is 0 Å². The highest BCUT2D eigenvalue weighted by Gasteiger charge is 2.17. The minimum absolute atomic E-state index is 0. The first-order chi connectivity index (χ1) is 9.15. The van der Waals surface area contributed by atoms with E-state index in [9.17, 15) is 9.59 Å². The molecule has 0 saturated carbocycles. The zero-order valence-corrected chi connectivity index (χ0v) is 12.5. The van der Waals surface area contributed by atoms with Crippen LogP contribution in [-0.2, 0) is 4.79 Å². The summed E-state index contributed by atoms with van der Waals surface area (Å²) in [4.78, 5) is 23.5. The van der Waals surface area contributed by atoms with Gasteiger partial charge in [-0.15, -0.1) is 12.4 Å². The van der Waals surface area contributed by atoms with Gasteiger partial charge in [0.25, 0.3) is 0 Å². The second kappa shape index (κ2) is 8.02. The summed E-state index contributed by atoms with van der Waals surface area (Å²) in [6, 6.07) is 7.46. The van der Waals surface area contributed by atoms with Crippen molar-refractivity contribution in [1.82, 2.24) is 10.6 Å². The Balaban J connectivity index is 0.00000200. The van der Waals surface area contributed by atoms with E-state index in [1.807, 2.05) is 31.2 Å². The maximum atomic E-state index is 11.9. The Morgan fingerprint density at radius 1 is 1.20 bits per heavy atom. The van der Waals surface area contributed by atoms with Gasteiger partial charge < -0.3 is 10.6 Å². The van der Waals surface area contributed by atoms with Crippen LogP contribution in [0.2, 0.25) is 0 Å². The normalized spacial score (nSPS) is 14.1. The largest absolute Gasteiger partial charge is 0.356 e. The molecule has 0 spiro atoms. The zero-order valence-electron chi connectivity index (χ0n) is 11.6. The number of aryl methyl sites for hydroxylation is 1. The first-order valence-corrected chi connectivity index (χ1v) is 6.72. The van der Waals surface area contributed by atoms with Crippen molar-refractivity contribution in [3.63, 3.8) is 0 Å². The molecule has 1 fully saturated rings. The number of carbonyl (C=O) groups is 2. The third-order valence-corrected chi connectivity index (χ3v) is 3.41. The van der Waals surface area contributed by atoms with E-state index >= 15 is 0 Å². The van der Waals surface area contributed by atoms with Crippen molar-refractivity contribution in [3.8, 4) is 0 Å². The number of halogens is 1. The minimum Gasteiger partial charge on any atom is -0.356 e. The first kappa shape index (κ1) is 16.7. The fraction of sp³-hybridized carbons (Fsp3) is 0.467. The van der Waals surface area contributed by atoms with Crippen LogP contribution in [0.5, 0.6) is 0 Å². The summed E-state index contributed by atoms with van der Waals surface area (Å²) in [5, 5.41) is 6.03. The average molecular weight is 297 g/mol. The molecule has 2 N–H and O–H groups in total. The molecule has 5 heteroatoms. The van der Waals surface area contributed by atoms with Crippen LogP contribution in [0.25, 0.3) is 0 Å². The molecule has 2 rings (SSSR count). The Kier molecular flexibility index (Phi) is 6.68. The highest BCUT2D eigenvalue weighted by Crippen LogP contribution is 2.08. The number of carbonyl (C=O) groups excluding carboxylic acids is 2. The maximum Gasteiger partial charge on any atom is 0.220 e. The third kappa shape index (κ3) is 4.94. The van der Waals surface area contributed by atoms with Gasteiger partial charge in [-0.05, 0) is 6.92 Å². The topological polar surface area (TPSA) is 58.2 Å². The molecule has 0 atom stereocenters. The van der Waals surface area contributed by atoms with Crippen molar-refractivity contribution < 1.29 is 9.59 Å². The Morgan fingerprint density at radius 2 is 1.85 bits per heavy atom. The van der Waals surface area contributed by atoms with Gasteiger partial charge in [0.2, 0.25) is 5.91 Å². The molecule has 0 unspecified atom stereocenters. The number of ketones is 1. The number of benzene rings is 1. The molecule has 1 aliphatic heterocycles. The molecule has 0 radical (unpaired) electrons. The standard InChI is InChI=1S/C15H20N2O2.ClH/c1-11-2-4-13(5-3-11)14(18)6-7-15(19)17-10-12-8-16-9-12;/h2-5,12,16H,6-10H2,1H3,(H,17,19);1H. The summed E-state index contributed by atoms with van der Waals surface area (Å²) < 4.78 is 0. The molecule has 1 heterocycles. The van der Waals surface area contributed by atoms with Crippen molar-refractivity contribution in [2.45, 2.75) is 19.8 Å². The molecule has 0 bridgehead atoms. The highest BCUT2D eigenvalue weighted by atomic mass is 35.5. The average Bonchev–Trinajstić information content (AvgIpc) is 2.35. The van der Waals surface area contributed by atoms with Gasteiger partial charge in [-0.2, -0.15) is 0 Å². The lowest BCUT2D eigenvalue weighted by atomic mass is 10.0. The van der Waals surface area contributed by atoms with E-state index in [4.69, 9.17) is 0 Å². The van der Waals surface area contributed by atoms with Crippen LogP contribution in [0, 0.1) is 12.8 Å². The van der Waals surface area contributed by atoms with E-state index in [2.05, 4.69) is 10.6 Å². The van der Waals surface area contributed by atoms with Crippen molar-refractivity contribution in [2.75, 3.05) is 19.6 Å². The van der Waals surface area contributed by atoms with Crippen molar-refractivity contribution >= 4 is 24.1 Å². The van der Waals surface area contributed by atoms with E-state index < -0.39 is 0 Å². The van der Waals surface area contributed by atoms with Gasteiger partial charge in [-0.1, -0.05) is 29.8 Å². The van der Waals surface area contributed by atoms with Crippen LogP contribution in [-0.4, -0.2) is 31.3 Å². The zero-order chi connectivity index (χ0) is 13.7. The van der Waals surface area contributed by atoms with Gasteiger partial charge in [0, 0.05) is 44.0 Å². The molecule has 1 amide bonds. The van der Waals surface area contributed by atoms with Gasteiger partial charge in [0.05, 0.1) is 0 Å². The monoisotopic (exact) mass is 296 g/mol. The Hall–Kier alpha value is -1.39. The van der Waals surface area contributed by atoms with Gasteiger partial charge >= 0.3 is 0 Å². The number of Topliss-reactive ketones (excluding diaryl/α,β-unsaturated/α-hetero) is 1. The van der Waals surface area contributed by atoms with Gasteiger partial charge in [-0.25, -0.2) is 0 Å². The second-order valence-electron chi connectivity index (χ2n) is 5.12. The smallest absolute Gasteiger partial charge is 0.220 e. The molecule has 0 aromatic heterocycles. The Morgan fingerprint density at radius 3 is 2.40 bits per heavy atom. The van der Waals surface area contributed by atoms with E-state index in [0.29, 0.717) is 18.0 Å². The van der Waals surface area contributed by atoms with Crippen LogP contribution in [0.15, 0.2) is 24.3 Å². The van der Waals surface area contributed by atoms with E-state index in [1.54, 1.807) is 0 Å². The number of nitrogens with one attached hydrogen (secondary N) is 2. The minimum atomic E-state index is -0.0349. The summed E-state index contributed by atoms with van der Waals surface area (Å²) >= 11 is 0. The number of amides is 1. The lowest BCUT2D eigenvalue weighted by molar-refractivity contribution is -0.121. The fourth-order valence-corrected chi connectivity index (χ4v) is 1.95. The first-order valence-electron chi connectivity index (χ1n) is 6.72. The number of rotatable bonds is 6. The van der Waals surface area contributed by atoms with Gasteiger partial charge in [0.15, 0.2) is 5.78 Å². The predicted octanol–water partition coefficient (Wildman–Crippen LogP) is 1.72. The van der Waals surface area contributed by atoms with Crippen LogP contribution >= 0.6 is 12.4 Å². The summed E-state index contributed by atoms with van der Waals surface area (Å²) in [6.45, 7) is 4.65. The number of hydrogen-bond donors (Lipinski definition) is 2. The summed E-state index contributed by atoms with van der Waals surface area (Å²) in [6.07, 6.45) is 0.546. The molecule has 4 nitrogen and oxygen atoms in total. The number of hydrogen-bond acceptors (Lipinski definition) is 3. The van der Waals surface area contributed by atoms with Crippen molar-refractivity contribution in [2.24, 2.45) is 5.92 Å². The molecule has 1 aromatic rings. The van der Waals surface area contributed by atoms with Crippen LogP contribution < -0.4 is 10.6 Å². The molecular formula is C15H21ClN2O2. The summed E-state index contributed by atoms with van der Waals surface area (Å²) in [5.74, 6) is 0.546. The van der Waals surface area contributed by atoms with Gasteiger partial charge in [-0.3, -0.25) is 9.59 Å². The summed E-state index contributed by atoms with van der Waals surface area (Å²) in [5.41, 5.74) is 1.81. The second-order valence-corrected chi connectivity index (χ2v) is 5.12. The Labute approximate surface area is 125 Å². The molecule has 20 heavy (non-hydrogen) atoms. The predicted molar refractivity (Wildman–Crippen MR) is 81.4 cm³/mol. The van der Waals surface area contributed by atoms with Crippen molar-refractivity contribution in [1.29, 1.82) is 0 Å². The van der Waals surface area contributed by atoms with E-state index in [1.165, 1.54) is 0 Å². The van der Waals surface area contributed by atoms with Crippen molar-refractivity contribution in [3.05, 3.63) is 35.4 Å². The van der Waals surface area contributed by atoms with Gasteiger partial charge in [0.1, 0.15) is 0 Å². The van der Waals surface area contributed by atoms with E-state index in [0.717, 1.165) is 18.7 Å². The van der Waals surface area contributed by atoms with Crippen LogP contribution in [0.1, 0.15) is 28.8 Å². The highest BCUT2D eigenvalue weighted by molar-refractivity contribution is 5.97. The molecule has 1 aromatic carbocycles. The SMILES string of the molecule is Cc1ccc(C(=O)CCC(=O)NCC2CNC2)cc1.Cl. The third-order valence-electron chi connectivity index (χ3n) is 3.41. The Bertz CT molecular complexity index is 455. The summed E-state index contributed by atoms with van der Waals surface area (Å²) in [7, 11) is 0. The molecule has 110 valence electrons. The van der Waals surface area contributed by atoms with Crippen LogP contribution in [0.3, 0.4) is 0 Å². The van der Waals surface area contributed by atoms with E-state index in [-0.39, 0.29) is 36.9 Å². The maximum absolute atomic E-state index is 11.9.